The average molecular weight is 466 g/mol. The van der Waals surface area contributed by atoms with Gasteiger partial charge in [0.25, 0.3) is 5.91 Å². The Morgan fingerprint density at radius 3 is 2.38 bits per heavy atom. The van der Waals surface area contributed by atoms with Crippen LogP contribution in [0.25, 0.3) is 11.3 Å². The smallest absolute Gasteiger partial charge is 0.272 e. The van der Waals surface area contributed by atoms with Crippen LogP contribution in [0.4, 0.5) is 11.6 Å². The van der Waals surface area contributed by atoms with E-state index < -0.39 is 0 Å². The molecule has 0 bridgehead atoms. The summed E-state index contributed by atoms with van der Waals surface area (Å²) < 4.78 is 12.5. The summed E-state index contributed by atoms with van der Waals surface area (Å²) in [4.78, 5) is 28.4. The lowest BCUT2D eigenvalue weighted by Crippen LogP contribution is -2.49. The lowest BCUT2D eigenvalue weighted by atomic mass is 10.1. The molecule has 10 heteroatoms. The first kappa shape index (κ1) is 23.3. The molecule has 0 N–H and O–H groups in total. The minimum Gasteiger partial charge on any atom is -0.497 e. The van der Waals surface area contributed by atoms with Gasteiger partial charge in [-0.15, -0.1) is 0 Å². The van der Waals surface area contributed by atoms with Crippen molar-refractivity contribution in [2.24, 2.45) is 7.05 Å². The van der Waals surface area contributed by atoms with E-state index in [1.165, 1.54) is 0 Å². The minimum absolute atomic E-state index is 0.0457. The summed E-state index contributed by atoms with van der Waals surface area (Å²) in [5.41, 5.74) is 1.96. The molecule has 4 rings (SSSR count). The van der Waals surface area contributed by atoms with Gasteiger partial charge in [-0.25, -0.2) is 9.97 Å². The van der Waals surface area contributed by atoms with Crippen LogP contribution < -0.4 is 19.3 Å². The highest BCUT2D eigenvalue weighted by atomic mass is 16.5. The number of anilines is 2. The van der Waals surface area contributed by atoms with E-state index in [-0.39, 0.29) is 5.91 Å². The minimum atomic E-state index is -0.0457. The van der Waals surface area contributed by atoms with Gasteiger partial charge in [-0.1, -0.05) is 0 Å². The normalized spacial score (nSPS) is 13.7. The summed E-state index contributed by atoms with van der Waals surface area (Å²) in [6, 6.07) is 9.32. The maximum Gasteiger partial charge on any atom is 0.272 e. The van der Waals surface area contributed by atoms with E-state index in [4.69, 9.17) is 9.47 Å². The van der Waals surface area contributed by atoms with E-state index >= 15 is 0 Å². The van der Waals surface area contributed by atoms with Crippen molar-refractivity contribution in [2.45, 2.75) is 6.92 Å². The van der Waals surface area contributed by atoms with Gasteiger partial charge in [0.05, 0.1) is 19.9 Å². The number of aryl methyl sites for hydroxylation is 2. The van der Waals surface area contributed by atoms with Crippen molar-refractivity contribution in [3.63, 3.8) is 0 Å². The molecule has 3 heterocycles. The number of nitrogens with zero attached hydrogens (tertiary/aromatic N) is 7. The van der Waals surface area contributed by atoms with Crippen LogP contribution in [0.15, 0.2) is 30.3 Å². The Bertz CT molecular complexity index is 1180. The van der Waals surface area contributed by atoms with Crippen LogP contribution in [0.2, 0.25) is 0 Å². The van der Waals surface area contributed by atoms with E-state index in [0.29, 0.717) is 49.1 Å². The fourth-order valence-corrected chi connectivity index (χ4v) is 4.04. The number of rotatable bonds is 6. The largest absolute Gasteiger partial charge is 0.497 e. The number of hydrogen-bond donors (Lipinski definition) is 0. The third kappa shape index (κ3) is 4.61. The van der Waals surface area contributed by atoms with Crippen molar-refractivity contribution in [1.82, 2.24) is 24.6 Å². The molecular weight excluding hydrogens is 434 g/mol. The fraction of sp³-hybridized carbons (Fsp3) is 0.417. The number of amides is 1. The molecule has 3 aromatic rings. The van der Waals surface area contributed by atoms with Gasteiger partial charge in [-0.2, -0.15) is 5.10 Å². The molecule has 34 heavy (non-hydrogen) atoms. The molecule has 1 fully saturated rings. The molecule has 1 saturated heterocycles. The molecule has 0 radical (unpaired) electrons. The third-order valence-corrected chi connectivity index (χ3v) is 5.94. The first-order valence-corrected chi connectivity index (χ1v) is 11.1. The maximum atomic E-state index is 13.3. The van der Waals surface area contributed by atoms with Crippen LogP contribution in [0, 0.1) is 6.92 Å². The maximum absolute atomic E-state index is 13.3. The first-order valence-electron chi connectivity index (χ1n) is 11.1. The molecular formula is C24H31N7O3. The average Bonchev–Trinajstić information content (AvgIpc) is 3.24. The van der Waals surface area contributed by atoms with Gasteiger partial charge in [0.2, 0.25) is 0 Å². The summed E-state index contributed by atoms with van der Waals surface area (Å²) >= 11 is 0. The number of hydrogen-bond acceptors (Lipinski definition) is 8. The van der Waals surface area contributed by atoms with Crippen molar-refractivity contribution in [3.8, 4) is 22.8 Å². The quantitative estimate of drug-likeness (QED) is 0.548. The van der Waals surface area contributed by atoms with E-state index in [1.54, 1.807) is 25.9 Å². The van der Waals surface area contributed by atoms with Gasteiger partial charge < -0.3 is 24.2 Å². The van der Waals surface area contributed by atoms with Crippen LogP contribution in [0.5, 0.6) is 11.5 Å². The third-order valence-electron chi connectivity index (χ3n) is 5.94. The highest BCUT2D eigenvalue weighted by molar-refractivity contribution is 5.94. The standard InChI is InChI=1S/C24H31N7O3/c1-16-25-22(28(2)3)15-23(26-16)30-9-11-31(12-10-30)24(32)20-14-19(27-29(20)4)18-13-17(33-5)7-8-21(18)34-6/h7-8,13-15H,9-12H2,1-6H3. The number of carbonyl (C=O) groups is 1. The lowest BCUT2D eigenvalue weighted by Gasteiger charge is -2.35. The number of piperazine rings is 1. The molecule has 1 aliphatic rings. The summed E-state index contributed by atoms with van der Waals surface area (Å²) in [5.74, 6) is 3.81. The predicted octanol–water partition coefficient (Wildman–Crippen LogP) is 2.23. The highest BCUT2D eigenvalue weighted by Gasteiger charge is 2.26. The van der Waals surface area contributed by atoms with E-state index in [0.717, 1.165) is 23.0 Å². The van der Waals surface area contributed by atoms with Crippen LogP contribution in [0.1, 0.15) is 16.3 Å². The summed E-state index contributed by atoms with van der Waals surface area (Å²) in [6.07, 6.45) is 0. The van der Waals surface area contributed by atoms with Crippen molar-refractivity contribution in [1.29, 1.82) is 0 Å². The zero-order valence-electron chi connectivity index (χ0n) is 20.6. The topological polar surface area (TPSA) is 88.9 Å². The second kappa shape index (κ2) is 9.58. The van der Waals surface area contributed by atoms with Crippen LogP contribution in [-0.2, 0) is 7.05 Å². The van der Waals surface area contributed by atoms with Crippen LogP contribution >= 0.6 is 0 Å². The molecule has 0 aliphatic carbocycles. The Labute approximate surface area is 199 Å². The number of carbonyl (C=O) groups excluding carboxylic acids is 1. The number of benzene rings is 1. The first-order chi connectivity index (χ1) is 16.3. The molecule has 180 valence electrons. The molecule has 1 amide bonds. The van der Waals surface area contributed by atoms with Gasteiger partial charge in [0.15, 0.2) is 0 Å². The van der Waals surface area contributed by atoms with Crippen molar-refractivity contribution in [3.05, 3.63) is 41.9 Å². The number of methoxy groups -OCH3 is 2. The summed E-state index contributed by atoms with van der Waals surface area (Å²) in [6.45, 7) is 4.49. The molecule has 1 aromatic carbocycles. The molecule has 0 saturated carbocycles. The van der Waals surface area contributed by atoms with E-state index in [1.807, 2.05) is 61.2 Å². The zero-order valence-corrected chi connectivity index (χ0v) is 20.6. The van der Waals surface area contributed by atoms with Gasteiger partial charge in [-0.3, -0.25) is 9.48 Å². The Morgan fingerprint density at radius 2 is 1.74 bits per heavy atom. The van der Waals surface area contributed by atoms with Gasteiger partial charge in [-0.05, 0) is 31.2 Å². The van der Waals surface area contributed by atoms with Crippen molar-refractivity contribution < 1.29 is 14.3 Å². The summed E-state index contributed by atoms with van der Waals surface area (Å²) in [5, 5.41) is 4.58. The Hall–Kier alpha value is -3.82. The van der Waals surface area contributed by atoms with Gasteiger partial charge >= 0.3 is 0 Å². The monoisotopic (exact) mass is 465 g/mol. The van der Waals surface area contributed by atoms with Crippen molar-refractivity contribution in [2.75, 3.05) is 64.3 Å². The molecule has 0 spiro atoms. The second-order valence-electron chi connectivity index (χ2n) is 8.41. The Kier molecular flexibility index (Phi) is 6.58. The lowest BCUT2D eigenvalue weighted by molar-refractivity contribution is 0.0735. The molecule has 0 atom stereocenters. The Morgan fingerprint density at radius 1 is 1.00 bits per heavy atom. The zero-order chi connectivity index (χ0) is 24.4. The number of ether oxygens (including phenoxy) is 2. The van der Waals surface area contributed by atoms with E-state index in [2.05, 4.69) is 20.0 Å². The van der Waals surface area contributed by atoms with Gasteiger partial charge in [0, 0.05) is 59.0 Å². The second-order valence-corrected chi connectivity index (χ2v) is 8.41. The molecule has 1 aliphatic heterocycles. The molecule has 0 unspecified atom stereocenters. The molecule has 2 aromatic heterocycles. The van der Waals surface area contributed by atoms with Gasteiger partial charge in [0.1, 0.15) is 34.7 Å². The molecule has 10 nitrogen and oxygen atoms in total. The fourth-order valence-electron chi connectivity index (χ4n) is 4.04. The van der Waals surface area contributed by atoms with Crippen LogP contribution in [-0.4, -0.2) is 85.0 Å². The van der Waals surface area contributed by atoms with E-state index in [9.17, 15) is 4.79 Å². The van der Waals surface area contributed by atoms with Crippen molar-refractivity contribution >= 4 is 17.5 Å². The summed E-state index contributed by atoms with van der Waals surface area (Å²) in [7, 11) is 8.94. The SMILES string of the molecule is COc1ccc(OC)c(-c2cc(C(=O)N3CCN(c4cc(N(C)C)nc(C)n4)CC3)n(C)n2)c1. The van der Waals surface area contributed by atoms with Crippen LogP contribution in [0.3, 0.4) is 0 Å². The number of aromatic nitrogens is 4. The highest BCUT2D eigenvalue weighted by Crippen LogP contribution is 2.33. The Balaban J connectivity index is 1.50. The predicted molar refractivity (Wildman–Crippen MR) is 131 cm³/mol.